The van der Waals surface area contributed by atoms with E-state index in [0.29, 0.717) is 6.61 Å². The highest BCUT2D eigenvalue weighted by atomic mass is 31.2. The monoisotopic (exact) mass is 258 g/mol. The zero-order valence-corrected chi connectivity index (χ0v) is 10.9. The number of rotatable bonds is 5. The Hall–Kier alpha value is -0.810. The maximum atomic E-state index is 12.4. The van der Waals surface area contributed by atoms with Gasteiger partial charge in [0, 0.05) is 25.5 Å². The second-order valence-electron chi connectivity index (χ2n) is 3.92. The SMILES string of the molecule is CCOP(N)(=O)N(N1C=CCC1)N1C=CCC1. The van der Waals surface area contributed by atoms with Gasteiger partial charge in [-0.25, -0.2) is 5.50 Å². The predicted octanol–water partition coefficient (Wildman–Crippen LogP) is 1.66. The molecule has 2 aliphatic rings. The zero-order valence-electron chi connectivity index (χ0n) is 10.0. The summed E-state index contributed by atoms with van der Waals surface area (Å²) in [7, 11) is -3.32. The lowest BCUT2D eigenvalue weighted by molar-refractivity contribution is -0.0524. The third kappa shape index (κ3) is 2.72. The van der Waals surface area contributed by atoms with E-state index in [0.717, 1.165) is 25.9 Å². The molecule has 7 heteroatoms. The molecule has 0 radical (unpaired) electrons. The first-order chi connectivity index (χ1) is 8.15. The van der Waals surface area contributed by atoms with Crippen LogP contribution in [-0.4, -0.2) is 34.6 Å². The molecule has 0 aromatic carbocycles. The van der Waals surface area contributed by atoms with E-state index in [1.807, 2.05) is 34.6 Å². The quantitative estimate of drug-likeness (QED) is 0.757. The molecule has 0 aromatic rings. The highest BCUT2D eigenvalue weighted by Crippen LogP contribution is 2.46. The molecule has 0 saturated carbocycles. The summed E-state index contributed by atoms with van der Waals surface area (Å²) < 4.78 is 17.6. The Kier molecular flexibility index (Phi) is 3.89. The smallest absolute Gasteiger partial charge is 0.304 e. The highest BCUT2D eigenvalue weighted by molar-refractivity contribution is 7.53. The van der Waals surface area contributed by atoms with Crippen LogP contribution in [0.2, 0.25) is 0 Å². The molecule has 2 heterocycles. The lowest BCUT2D eigenvalue weighted by atomic mass is 10.5. The van der Waals surface area contributed by atoms with Crippen LogP contribution in [0.4, 0.5) is 0 Å². The Labute approximate surface area is 102 Å². The van der Waals surface area contributed by atoms with Crippen LogP contribution in [0.3, 0.4) is 0 Å². The summed E-state index contributed by atoms with van der Waals surface area (Å²) in [5, 5.41) is 3.71. The van der Waals surface area contributed by atoms with Gasteiger partial charge in [0.1, 0.15) is 0 Å². The van der Waals surface area contributed by atoms with E-state index in [1.54, 1.807) is 11.8 Å². The van der Waals surface area contributed by atoms with Crippen molar-refractivity contribution in [3.63, 3.8) is 0 Å². The Morgan fingerprint density at radius 2 is 1.82 bits per heavy atom. The molecular weight excluding hydrogens is 239 g/mol. The fourth-order valence-corrected chi connectivity index (χ4v) is 3.37. The molecule has 1 unspecified atom stereocenters. The third-order valence-corrected chi connectivity index (χ3v) is 4.21. The summed E-state index contributed by atoms with van der Waals surface area (Å²) in [6.07, 6.45) is 9.70. The molecule has 0 aromatic heterocycles. The van der Waals surface area contributed by atoms with E-state index in [1.165, 1.54) is 0 Å². The van der Waals surface area contributed by atoms with E-state index >= 15 is 0 Å². The normalized spacial score (nSPS) is 22.8. The summed E-state index contributed by atoms with van der Waals surface area (Å²) >= 11 is 0. The van der Waals surface area contributed by atoms with Gasteiger partial charge < -0.3 is 4.52 Å². The van der Waals surface area contributed by atoms with Crippen molar-refractivity contribution in [2.45, 2.75) is 19.8 Å². The average Bonchev–Trinajstić information content (AvgIpc) is 2.90. The van der Waals surface area contributed by atoms with E-state index < -0.39 is 7.67 Å². The Balaban J connectivity index is 2.19. The van der Waals surface area contributed by atoms with Gasteiger partial charge in [-0.15, -0.1) is 0 Å². The van der Waals surface area contributed by atoms with Gasteiger partial charge in [-0.3, -0.25) is 14.6 Å². The summed E-state index contributed by atoms with van der Waals surface area (Å²) in [5.74, 6) is 0. The summed E-state index contributed by atoms with van der Waals surface area (Å²) in [5.41, 5.74) is 5.84. The molecule has 2 aliphatic heterocycles. The largest absolute Gasteiger partial charge is 0.377 e. The molecule has 17 heavy (non-hydrogen) atoms. The Morgan fingerprint density at radius 3 is 2.18 bits per heavy atom. The van der Waals surface area contributed by atoms with Crippen LogP contribution >= 0.6 is 7.67 Å². The first kappa shape index (κ1) is 12.6. The second kappa shape index (κ2) is 5.23. The summed E-state index contributed by atoms with van der Waals surface area (Å²) in [4.78, 5) is 1.56. The van der Waals surface area contributed by atoms with E-state index in [9.17, 15) is 4.57 Å². The highest BCUT2D eigenvalue weighted by Gasteiger charge is 2.36. The van der Waals surface area contributed by atoms with Gasteiger partial charge in [0.2, 0.25) is 0 Å². The van der Waals surface area contributed by atoms with Crippen molar-refractivity contribution >= 4 is 7.67 Å². The van der Waals surface area contributed by atoms with Gasteiger partial charge in [-0.05, 0) is 24.7 Å². The van der Waals surface area contributed by atoms with Crippen molar-refractivity contribution in [2.24, 2.45) is 5.50 Å². The number of hydrogen-bond acceptors (Lipinski definition) is 4. The van der Waals surface area contributed by atoms with Crippen molar-refractivity contribution in [2.75, 3.05) is 19.7 Å². The van der Waals surface area contributed by atoms with Crippen LogP contribution in [-0.2, 0) is 9.09 Å². The molecule has 0 aliphatic carbocycles. The van der Waals surface area contributed by atoms with Crippen molar-refractivity contribution in [3.05, 3.63) is 24.6 Å². The maximum absolute atomic E-state index is 12.4. The second-order valence-corrected chi connectivity index (χ2v) is 5.67. The Morgan fingerprint density at radius 1 is 1.29 bits per heavy atom. The average molecular weight is 258 g/mol. The van der Waals surface area contributed by atoms with Gasteiger partial charge in [0.05, 0.1) is 6.61 Å². The molecule has 6 nitrogen and oxygen atoms in total. The van der Waals surface area contributed by atoms with Gasteiger partial charge in [-0.2, -0.15) is 0 Å². The number of hydrogen-bond donors (Lipinski definition) is 1. The van der Waals surface area contributed by atoms with Gasteiger partial charge in [0.25, 0.3) is 0 Å². The van der Waals surface area contributed by atoms with Crippen LogP contribution in [0.1, 0.15) is 19.8 Å². The molecule has 0 spiro atoms. The minimum absolute atomic E-state index is 0.333. The van der Waals surface area contributed by atoms with Gasteiger partial charge in [-0.1, -0.05) is 12.2 Å². The molecule has 1 atom stereocenters. The standard InChI is InChI=1S/C10H19N4O2P/c1-2-16-17(11,15)14(12-7-3-4-8-12)13-9-5-6-10-13/h3,5,7,9H,2,4,6,8,10H2,1H3,(H2,11,15). The van der Waals surface area contributed by atoms with Crippen LogP contribution in [0, 0.1) is 0 Å². The molecule has 0 amide bonds. The lowest BCUT2D eigenvalue weighted by Gasteiger charge is -2.40. The topological polar surface area (TPSA) is 62.0 Å². The van der Waals surface area contributed by atoms with Crippen LogP contribution in [0.25, 0.3) is 0 Å². The van der Waals surface area contributed by atoms with Crippen molar-refractivity contribution in [1.29, 1.82) is 0 Å². The number of nitrogens with zero attached hydrogens (tertiary/aromatic N) is 3. The van der Waals surface area contributed by atoms with Crippen LogP contribution < -0.4 is 5.50 Å². The van der Waals surface area contributed by atoms with Gasteiger partial charge >= 0.3 is 7.67 Å². The molecule has 0 saturated heterocycles. The van der Waals surface area contributed by atoms with Crippen LogP contribution in [0.5, 0.6) is 0 Å². The van der Waals surface area contributed by atoms with Crippen molar-refractivity contribution in [3.8, 4) is 0 Å². The molecular formula is C10H19N4O2P. The molecule has 2 rings (SSSR count). The molecule has 0 fully saturated rings. The molecule has 96 valence electrons. The Bertz CT molecular complexity index is 349. The predicted molar refractivity (Wildman–Crippen MR) is 66.2 cm³/mol. The minimum Gasteiger partial charge on any atom is -0.304 e. The minimum atomic E-state index is -3.32. The summed E-state index contributed by atoms with van der Waals surface area (Å²) in [6.45, 7) is 3.67. The fourth-order valence-electron chi connectivity index (χ4n) is 1.96. The van der Waals surface area contributed by atoms with E-state index in [4.69, 9.17) is 10.0 Å². The molecule has 2 N–H and O–H groups in total. The summed E-state index contributed by atoms with van der Waals surface area (Å²) in [6, 6.07) is 0. The lowest BCUT2D eigenvalue weighted by Crippen LogP contribution is -2.47. The number of hydrazine groups is 2. The van der Waals surface area contributed by atoms with Crippen LogP contribution in [0.15, 0.2) is 24.6 Å². The third-order valence-electron chi connectivity index (χ3n) is 2.63. The van der Waals surface area contributed by atoms with Crippen molar-refractivity contribution in [1.82, 2.24) is 14.9 Å². The molecule has 0 bridgehead atoms. The van der Waals surface area contributed by atoms with Crippen molar-refractivity contribution < 1.29 is 9.09 Å². The van der Waals surface area contributed by atoms with E-state index in [2.05, 4.69) is 0 Å². The fraction of sp³-hybridized carbons (Fsp3) is 0.600. The van der Waals surface area contributed by atoms with Gasteiger partial charge in [0.15, 0.2) is 0 Å². The first-order valence-corrected chi connectivity index (χ1v) is 7.50. The maximum Gasteiger partial charge on any atom is 0.377 e. The zero-order chi connectivity index (χ0) is 12.3. The first-order valence-electron chi connectivity index (χ1n) is 5.85. The van der Waals surface area contributed by atoms with E-state index in [-0.39, 0.29) is 0 Å². The number of nitrogens with two attached hydrogens (primary N) is 1.